The van der Waals surface area contributed by atoms with E-state index in [2.05, 4.69) is 24.3 Å². The zero-order valence-electron chi connectivity index (χ0n) is 15.3. The van der Waals surface area contributed by atoms with Crippen molar-refractivity contribution < 1.29 is 14.0 Å². The van der Waals surface area contributed by atoms with Crippen molar-refractivity contribution >= 4 is 58.6 Å². The smallest absolute Gasteiger partial charge is 0.168 e. The second-order valence-corrected chi connectivity index (χ2v) is 12.7. The van der Waals surface area contributed by atoms with Gasteiger partial charge in [-0.2, -0.15) is 0 Å². The predicted molar refractivity (Wildman–Crippen MR) is 122 cm³/mol. The van der Waals surface area contributed by atoms with Gasteiger partial charge in [0.25, 0.3) is 0 Å². The number of hydrogen-bond acceptors (Lipinski definition) is 7. The van der Waals surface area contributed by atoms with Crippen molar-refractivity contribution in [2.75, 3.05) is 0 Å². The summed E-state index contributed by atoms with van der Waals surface area (Å²) in [6, 6.07) is 12.4. The fourth-order valence-electron chi connectivity index (χ4n) is 4.37. The number of allylic oxidation sites excluding steroid dienone is 1. The maximum Gasteiger partial charge on any atom is 0.168 e. The van der Waals surface area contributed by atoms with Gasteiger partial charge < -0.3 is 4.42 Å². The summed E-state index contributed by atoms with van der Waals surface area (Å²) in [6.45, 7) is 0. The molecule has 0 N–H and O–H groups in total. The molecule has 3 nitrogen and oxygen atoms in total. The standard InChI is InChI=1S/C22H16O3S4/c23-14-8-12(16-6-3-7-25-16)9-15(24)18(14)20-28-21-22(29-20)27-19-13-5-2-1-4-11(13)10-17(19)26-21/h1-7,12,17,19H,8-10H2/t12?,17-,19-/m0/s1. The van der Waals surface area contributed by atoms with Gasteiger partial charge >= 0.3 is 0 Å². The Morgan fingerprint density at radius 1 is 0.828 bits per heavy atom. The first-order valence-electron chi connectivity index (χ1n) is 9.52. The molecule has 0 unspecified atom stereocenters. The highest BCUT2D eigenvalue weighted by molar-refractivity contribution is 8.41. The van der Waals surface area contributed by atoms with Crippen LogP contribution in [0.15, 0.2) is 65.4 Å². The fraction of sp³-hybridized carbons (Fsp3) is 0.273. The Hall–Kier alpha value is -1.28. The van der Waals surface area contributed by atoms with Gasteiger partial charge in [-0.05, 0) is 29.7 Å². The number of fused-ring (bicyclic) bond motifs is 3. The van der Waals surface area contributed by atoms with Crippen LogP contribution in [0.5, 0.6) is 0 Å². The molecule has 4 aliphatic rings. The number of carbonyl (C=O) groups is 2. The molecule has 2 atom stereocenters. The molecule has 0 saturated heterocycles. The number of thioether (sulfide) groups is 4. The first kappa shape index (κ1) is 18.5. The van der Waals surface area contributed by atoms with Crippen LogP contribution in [0.1, 0.15) is 40.9 Å². The summed E-state index contributed by atoms with van der Waals surface area (Å²) in [5, 5.41) is 1.00. The molecule has 7 heteroatoms. The fourth-order valence-corrected chi connectivity index (χ4v) is 11.3. The van der Waals surface area contributed by atoms with E-state index in [1.807, 2.05) is 35.7 Å². The molecule has 1 fully saturated rings. The van der Waals surface area contributed by atoms with Gasteiger partial charge in [0.1, 0.15) is 5.76 Å². The molecule has 0 bridgehead atoms. The highest BCUT2D eigenvalue weighted by Gasteiger charge is 2.44. The molecule has 3 heterocycles. The topological polar surface area (TPSA) is 47.3 Å². The highest BCUT2D eigenvalue weighted by atomic mass is 32.3. The second kappa shape index (κ2) is 7.15. The lowest BCUT2D eigenvalue weighted by molar-refractivity contribution is -0.124. The van der Waals surface area contributed by atoms with E-state index in [1.165, 1.54) is 19.6 Å². The van der Waals surface area contributed by atoms with Crippen molar-refractivity contribution in [3.63, 3.8) is 0 Å². The van der Waals surface area contributed by atoms with Crippen molar-refractivity contribution in [3.8, 4) is 0 Å². The number of rotatable bonds is 1. The molecule has 1 saturated carbocycles. The van der Waals surface area contributed by atoms with Gasteiger partial charge in [-0.25, -0.2) is 0 Å². The summed E-state index contributed by atoms with van der Waals surface area (Å²) in [7, 11) is 0. The molecule has 146 valence electrons. The van der Waals surface area contributed by atoms with Crippen molar-refractivity contribution in [1.82, 2.24) is 0 Å². The van der Waals surface area contributed by atoms with Crippen molar-refractivity contribution in [3.05, 3.63) is 77.8 Å². The van der Waals surface area contributed by atoms with Gasteiger partial charge in [-0.1, -0.05) is 47.8 Å². The van der Waals surface area contributed by atoms with E-state index in [9.17, 15) is 9.59 Å². The van der Waals surface area contributed by atoms with Crippen LogP contribution < -0.4 is 0 Å². The Morgan fingerprint density at radius 3 is 2.34 bits per heavy atom. The summed E-state index contributed by atoms with van der Waals surface area (Å²) >= 11 is 7.10. The zero-order chi connectivity index (χ0) is 19.5. The first-order valence-corrected chi connectivity index (χ1v) is 12.9. The average molecular weight is 457 g/mol. The Morgan fingerprint density at radius 2 is 1.59 bits per heavy atom. The van der Waals surface area contributed by atoms with E-state index < -0.39 is 0 Å². The third kappa shape index (κ3) is 3.09. The first-order chi connectivity index (χ1) is 14.2. The second-order valence-electron chi connectivity index (χ2n) is 7.51. The third-order valence-electron chi connectivity index (χ3n) is 5.72. The Balaban J connectivity index is 1.24. The average Bonchev–Trinajstić information content (AvgIpc) is 3.43. The molecule has 2 aliphatic carbocycles. The minimum atomic E-state index is -0.132. The molecule has 2 aromatic rings. The van der Waals surface area contributed by atoms with Gasteiger partial charge in [0, 0.05) is 29.3 Å². The molecular weight excluding hydrogens is 441 g/mol. The molecule has 0 radical (unpaired) electrons. The van der Waals surface area contributed by atoms with Crippen molar-refractivity contribution in [2.24, 2.45) is 0 Å². The summed E-state index contributed by atoms with van der Waals surface area (Å²) in [5.41, 5.74) is 3.32. The van der Waals surface area contributed by atoms with Crippen molar-refractivity contribution in [2.45, 2.75) is 35.7 Å². The van der Waals surface area contributed by atoms with Crippen LogP contribution in [0.3, 0.4) is 0 Å². The van der Waals surface area contributed by atoms with Gasteiger partial charge in [-0.3, -0.25) is 9.59 Å². The Labute approximate surface area is 185 Å². The van der Waals surface area contributed by atoms with Gasteiger partial charge in [0.2, 0.25) is 0 Å². The minimum absolute atomic E-state index is 0.0435. The molecule has 0 amide bonds. The summed E-state index contributed by atoms with van der Waals surface area (Å²) in [6.07, 6.45) is 3.39. The van der Waals surface area contributed by atoms with E-state index in [0.29, 0.717) is 28.9 Å². The number of carbonyl (C=O) groups excluding carboxylic acids is 2. The lowest BCUT2D eigenvalue weighted by atomic mass is 9.83. The number of hydrogen-bond donors (Lipinski definition) is 0. The molecular formula is C22H16O3S4. The predicted octanol–water partition coefficient (Wildman–Crippen LogP) is 6.26. The quantitative estimate of drug-likeness (QED) is 0.371. The normalized spacial score (nSPS) is 28.6. The lowest BCUT2D eigenvalue weighted by Gasteiger charge is -2.25. The van der Waals surface area contributed by atoms with Crippen LogP contribution in [0, 0.1) is 0 Å². The van der Waals surface area contributed by atoms with E-state index in [0.717, 1.165) is 16.4 Å². The molecule has 29 heavy (non-hydrogen) atoms. The van der Waals surface area contributed by atoms with Crippen LogP contribution >= 0.6 is 47.0 Å². The summed E-state index contributed by atoms with van der Waals surface area (Å²) in [5.74, 6) is 0.515. The largest absolute Gasteiger partial charge is 0.469 e. The van der Waals surface area contributed by atoms with Gasteiger partial charge in [0.15, 0.2) is 11.6 Å². The molecule has 6 rings (SSSR count). The SMILES string of the molecule is O=C1CC(c2ccco2)CC(=O)C1=C1SC2=C(S1)S[C@H]1c3ccccc3C[C@@H]1S2. The lowest BCUT2D eigenvalue weighted by Crippen LogP contribution is -2.25. The van der Waals surface area contributed by atoms with E-state index in [1.54, 1.807) is 29.8 Å². The van der Waals surface area contributed by atoms with Crippen LogP contribution in [0.4, 0.5) is 0 Å². The number of furan rings is 1. The van der Waals surface area contributed by atoms with E-state index in [-0.39, 0.29) is 17.5 Å². The molecule has 0 spiro atoms. The van der Waals surface area contributed by atoms with Gasteiger partial charge in [-0.15, -0.1) is 23.5 Å². The summed E-state index contributed by atoms with van der Waals surface area (Å²) in [4.78, 5) is 25.8. The number of benzene rings is 1. The third-order valence-corrected chi connectivity index (χ3v) is 12.0. The van der Waals surface area contributed by atoms with Crippen LogP contribution in [0.2, 0.25) is 0 Å². The Bertz CT molecular complexity index is 1080. The van der Waals surface area contributed by atoms with E-state index >= 15 is 0 Å². The highest BCUT2D eigenvalue weighted by Crippen LogP contribution is 2.68. The molecule has 2 aliphatic heterocycles. The number of ketones is 2. The molecule has 1 aromatic heterocycles. The Kier molecular flexibility index (Phi) is 4.56. The zero-order valence-corrected chi connectivity index (χ0v) is 18.5. The summed E-state index contributed by atoms with van der Waals surface area (Å²) < 4.78 is 8.85. The van der Waals surface area contributed by atoms with Crippen LogP contribution in [-0.4, -0.2) is 16.8 Å². The number of Topliss-reactive ketones (excluding diaryl/α,β-unsaturated/α-hetero) is 2. The van der Waals surface area contributed by atoms with E-state index in [4.69, 9.17) is 4.42 Å². The maximum atomic E-state index is 12.9. The minimum Gasteiger partial charge on any atom is -0.469 e. The van der Waals surface area contributed by atoms with Gasteiger partial charge in [0.05, 0.1) is 24.5 Å². The monoisotopic (exact) mass is 456 g/mol. The van der Waals surface area contributed by atoms with Crippen molar-refractivity contribution in [1.29, 1.82) is 0 Å². The molecule has 1 aromatic carbocycles. The maximum absolute atomic E-state index is 12.9. The van der Waals surface area contributed by atoms with Crippen LogP contribution in [0.25, 0.3) is 0 Å². The van der Waals surface area contributed by atoms with Crippen LogP contribution in [-0.2, 0) is 16.0 Å².